The van der Waals surface area contributed by atoms with E-state index in [9.17, 15) is 37.1 Å². The van der Waals surface area contributed by atoms with Crippen LogP contribution in [0, 0.1) is 49.1 Å². The molecule has 2 aromatic heterocycles. The summed E-state index contributed by atoms with van der Waals surface area (Å²) in [6.45, 7) is 7.90. The molecule has 0 spiro atoms. The van der Waals surface area contributed by atoms with E-state index in [-0.39, 0.29) is 58.7 Å². The lowest BCUT2D eigenvalue weighted by Crippen LogP contribution is -2.41. The molecule has 0 saturated carbocycles. The minimum absolute atomic E-state index is 0.0648. The first kappa shape index (κ1) is 38.5. The summed E-state index contributed by atoms with van der Waals surface area (Å²) in [5.74, 6) is -0.784. The molecule has 0 aliphatic heterocycles. The van der Waals surface area contributed by atoms with Gasteiger partial charge in [0.15, 0.2) is 0 Å². The van der Waals surface area contributed by atoms with Crippen LogP contribution in [0.3, 0.4) is 0 Å². The molecule has 2 atom stereocenters. The normalized spacial score (nSPS) is 12.7. The van der Waals surface area contributed by atoms with Gasteiger partial charge in [0.1, 0.15) is 23.5 Å². The number of carbonyl (C=O) groups excluding carboxylic acids is 1. The number of hydrogen-bond donors (Lipinski definition) is 2. The Labute approximate surface area is 290 Å². The third-order valence-electron chi connectivity index (χ3n) is 8.30. The molecule has 0 aliphatic rings. The fraction of sp³-hybridized carbons (Fsp3) is 0.351. The quantitative estimate of drug-likeness (QED) is 0.118. The largest absolute Gasteiger partial charge is 0.481 e. The van der Waals surface area contributed by atoms with E-state index < -0.39 is 70.7 Å². The molecule has 0 saturated heterocycles. The highest BCUT2D eigenvalue weighted by atomic mass is 19.4. The van der Waals surface area contributed by atoms with Crippen LogP contribution in [0.5, 0.6) is 0 Å². The number of nitrogens with one attached hydrogen (secondary N) is 1. The molecule has 0 bridgehead atoms. The number of pyridine rings is 1. The Bertz CT molecular complexity index is 2040. The molecule has 4 aromatic rings. The van der Waals surface area contributed by atoms with Crippen LogP contribution in [0.1, 0.15) is 79.1 Å². The van der Waals surface area contributed by atoms with Gasteiger partial charge in [-0.05, 0) is 80.0 Å². The second kappa shape index (κ2) is 15.7. The zero-order chi connectivity index (χ0) is 37.8. The number of aromatic nitrogens is 3. The number of aliphatic carboxylic acids is 1. The minimum Gasteiger partial charge on any atom is -0.481 e. The molecule has 51 heavy (non-hydrogen) atoms. The molecule has 14 heteroatoms. The van der Waals surface area contributed by atoms with Crippen LogP contribution >= 0.6 is 0 Å². The third kappa shape index (κ3) is 8.89. The van der Waals surface area contributed by atoms with E-state index in [1.807, 2.05) is 0 Å². The first-order valence-corrected chi connectivity index (χ1v) is 15.9. The van der Waals surface area contributed by atoms with Gasteiger partial charge in [0.2, 0.25) is 5.91 Å². The summed E-state index contributed by atoms with van der Waals surface area (Å²) in [6.07, 6.45) is -0.860. The molecule has 0 aliphatic carbocycles. The smallest absolute Gasteiger partial charge is 0.416 e. The zero-order valence-electron chi connectivity index (χ0n) is 28.5. The van der Waals surface area contributed by atoms with Gasteiger partial charge in [-0.2, -0.15) is 13.2 Å². The molecule has 0 unspecified atom stereocenters. The highest BCUT2D eigenvalue weighted by Gasteiger charge is 2.36. The fourth-order valence-electron chi connectivity index (χ4n) is 6.16. The Kier molecular flexibility index (Phi) is 11.8. The lowest BCUT2D eigenvalue weighted by atomic mass is 9.88. The van der Waals surface area contributed by atoms with Crippen molar-refractivity contribution in [2.24, 2.45) is 5.92 Å². The van der Waals surface area contributed by atoms with Crippen LogP contribution in [0.15, 0.2) is 54.0 Å². The van der Waals surface area contributed by atoms with Gasteiger partial charge < -0.3 is 19.6 Å². The minimum atomic E-state index is -4.90. The van der Waals surface area contributed by atoms with E-state index in [1.165, 1.54) is 37.9 Å². The summed E-state index contributed by atoms with van der Waals surface area (Å²) in [6, 6.07) is 0.232. The number of imidazole rings is 1. The maximum atomic E-state index is 16.7. The summed E-state index contributed by atoms with van der Waals surface area (Å²) in [4.78, 5) is 43.2. The van der Waals surface area contributed by atoms with Crippen LogP contribution in [0.2, 0.25) is 0 Å². The lowest BCUT2D eigenvalue weighted by molar-refractivity contribution is -0.139. The van der Waals surface area contributed by atoms with Crippen molar-refractivity contribution < 1.29 is 41.0 Å². The standard InChI is InChI=1S/C37H36F6N4O4/c1-6-7-23-15-27(39)34(35(40)33(23)32-21(4)13-25(38)14-22(32)5)28(17-31(49)50)45-36(51)29(12-20(2)3)47-18-24(8-10-46-11-9-44-19-46)26(16-30(47)48)37(41,42)43/h9,11,13-16,18-20,28-29H,8,10,12,17H2,1-5H3,(H,45,51)(H,49,50)/t28-,29-/m0/s1. The van der Waals surface area contributed by atoms with Gasteiger partial charge in [-0.15, -0.1) is 5.92 Å². The average molecular weight is 715 g/mol. The van der Waals surface area contributed by atoms with Gasteiger partial charge in [-0.1, -0.05) is 19.8 Å². The van der Waals surface area contributed by atoms with Crippen molar-refractivity contribution in [3.63, 3.8) is 0 Å². The molecule has 2 heterocycles. The van der Waals surface area contributed by atoms with Gasteiger partial charge in [-0.25, -0.2) is 18.2 Å². The molecular formula is C37H36F6N4O4. The first-order valence-electron chi connectivity index (χ1n) is 15.9. The number of carboxylic acids is 1. The van der Waals surface area contributed by atoms with Crippen molar-refractivity contribution in [3.05, 3.63) is 110 Å². The van der Waals surface area contributed by atoms with E-state index in [1.54, 1.807) is 20.0 Å². The van der Waals surface area contributed by atoms with Crippen molar-refractivity contribution in [3.8, 4) is 23.0 Å². The van der Waals surface area contributed by atoms with Gasteiger partial charge >= 0.3 is 12.1 Å². The third-order valence-corrected chi connectivity index (χ3v) is 8.30. The van der Waals surface area contributed by atoms with Crippen molar-refractivity contribution in [1.29, 1.82) is 0 Å². The van der Waals surface area contributed by atoms with E-state index in [2.05, 4.69) is 22.1 Å². The molecule has 270 valence electrons. The molecule has 1 amide bonds. The van der Waals surface area contributed by atoms with Gasteiger partial charge in [0.05, 0.1) is 24.4 Å². The van der Waals surface area contributed by atoms with Crippen molar-refractivity contribution >= 4 is 11.9 Å². The molecule has 2 aromatic carbocycles. The average Bonchev–Trinajstić information content (AvgIpc) is 3.53. The summed E-state index contributed by atoms with van der Waals surface area (Å²) >= 11 is 0. The monoisotopic (exact) mass is 714 g/mol. The molecule has 4 rings (SSSR count). The Balaban J connectivity index is 1.86. The second-order valence-corrected chi connectivity index (χ2v) is 12.6. The highest BCUT2D eigenvalue weighted by molar-refractivity contribution is 5.83. The van der Waals surface area contributed by atoms with Crippen LogP contribution in [0.25, 0.3) is 11.1 Å². The van der Waals surface area contributed by atoms with Gasteiger partial charge in [-0.3, -0.25) is 14.4 Å². The number of halogens is 6. The summed E-state index contributed by atoms with van der Waals surface area (Å²) in [5.41, 5.74) is -3.05. The number of aryl methyl sites for hydroxylation is 4. The number of benzene rings is 2. The van der Waals surface area contributed by atoms with Crippen molar-refractivity contribution in [2.75, 3.05) is 0 Å². The topological polar surface area (TPSA) is 106 Å². The highest BCUT2D eigenvalue weighted by Crippen LogP contribution is 2.38. The number of carbonyl (C=O) groups is 2. The van der Waals surface area contributed by atoms with E-state index in [0.717, 1.165) is 29.0 Å². The Morgan fingerprint density at radius 1 is 1.04 bits per heavy atom. The summed E-state index contributed by atoms with van der Waals surface area (Å²) < 4.78 is 91.3. The molecule has 0 radical (unpaired) electrons. The zero-order valence-corrected chi connectivity index (χ0v) is 28.5. The number of rotatable bonds is 12. The number of alkyl halides is 3. The molecule has 2 N–H and O–H groups in total. The Morgan fingerprint density at radius 3 is 2.25 bits per heavy atom. The number of hydrogen-bond acceptors (Lipinski definition) is 4. The first-order chi connectivity index (χ1) is 23.9. The number of amides is 1. The maximum Gasteiger partial charge on any atom is 0.416 e. The summed E-state index contributed by atoms with van der Waals surface area (Å²) in [7, 11) is 0. The van der Waals surface area contributed by atoms with E-state index in [4.69, 9.17) is 0 Å². The summed E-state index contributed by atoms with van der Waals surface area (Å²) in [5, 5.41) is 12.2. The molecular weight excluding hydrogens is 678 g/mol. The second-order valence-electron chi connectivity index (χ2n) is 12.6. The van der Waals surface area contributed by atoms with Crippen LogP contribution in [-0.4, -0.2) is 31.1 Å². The Morgan fingerprint density at radius 2 is 1.71 bits per heavy atom. The lowest BCUT2D eigenvalue weighted by Gasteiger charge is -2.27. The maximum absolute atomic E-state index is 16.7. The van der Waals surface area contributed by atoms with Crippen LogP contribution in [-0.2, 0) is 28.7 Å². The molecule has 8 nitrogen and oxygen atoms in total. The predicted molar refractivity (Wildman–Crippen MR) is 177 cm³/mol. The van der Waals surface area contributed by atoms with Crippen LogP contribution in [0.4, 0.5) is 26.3 Å². The van der Waals surface area contributed by atoms with Crippen LogP contribution < -0.4 is 10.9 Å². The predicted octanol–water partition coefficient (Wildman–Crippen LogP) is 7.30. The van der Waals surface area contributed by atoms with E-state index >= 15 is 8.78 Å². The van der Waals surface area contributed by atoms with Gasteiger partial charge in [0.25, 0.3) is 5.56 Å². The van der Waals surface area contributed by atoms with E-state index in [0.29, 0.717) is 6.07 Å². The van der Waals surface area contributed by atoms with Gasteiger partial charge in [0, 0.05) is 47.9 Å². The van der Waals surface area contributed by atoms with Crippen molar-refractivity contribution in [2.45, 2.75) is 78.7 Å². The number of carboxylic acid groups (broad SMARTS) is 1. The fourth-order valence-corrected chi connectivity index (χ4v) is 6.16. The number of nitrogens with zero attached hydrogens (tertiary/aromatic N) is 3. The Hall–Kier alpha value is -5.32. The molecule has 0 fully saturated rings. The SMILES string of the molecule is CC#Cc1cc(F)c([C@H](CC(=O)O)NC(=O)[C@H](CC(C)C)n2cc(CCn3ccnc3)c(C(F)(F)F)cc2=O)c(F)c1-c1c(C)cc(F)cc1C. The van der Waals surface area contributed by atoms with Crippen molar-refractivity contribution in [1.82, 2.24) is 19.4 Å².